The Morgan fingerprint density at radius 2 is 1.68 bits per heavy atom. The number of amides is 2. The lowest BCUT2D eigenvalue weighted by molar-refractivity contribution is -0.122. The Balaban J connectivity index is 1.40. The maximum Gasteiger partial charge on any atom is 0.254 e. The van der Waals surface area contributed by atoms with Crippen molar-refractivity contribution >= 4 is 21.8 Å². The lowest BCUT2D eigenvalue weighted by Crippen LogP contribution is -2.51. The van der Waals surface area contributed by atoms with Gasteiger partial charge < -0.3 is 10.2 Å². The highest BCUT2D eigenvalue weighted by molar-refractivity contribution is 7.89. The summed E-state index contributed by atoms with van der Waals surface area (Å²) >= 11 is 0. The molecule has 8 nitrogen and oxygen atoms in total. The molecule has 2 amide bonds. The van der Waals surface area contributed by atoms with Gasteiger partial charge in [0.2, 0.25) is 15.9 Å². The summed E-state index contributed by atoms with van der Waals surface area (Å²) in [5.41, 5.74) is 1.21. The van der Waals surface area contributed by atoms with Gasteiger partial charge in [0.25, 0.3) is 5.91 Å². The largest absolute Gasteiger partial charge is 0.352 e. The molecule has 1 aromatic rings. The number of nitrogens with zero attached hydrogens (tertiary/aromatic N) is 3. The summed E-state index contributed by atoms with van der Waals surface area (Å²) in [4.78, 5) is 29.2. The summed E-state index contributed by atoms with van der Waals surface area (Å²) in [5.74, 6) is -0.0935. The number of carbonyl (C=O) groups excluding carboxylic acids is 2. The fourth-order valence-electron chi connectivity index (χ4n) is 4.23. The van der Waals surface area contributed by atoms with Crippen molar-refractivity contribution in [1.29, 1.82) is 0 Å². The number of hydrogen-bond acceptors (Lipinski definition) is 5. The van der Waals surface area contributed by atoms with E-state index in [1.807, 2.05) is 6.92 Å². The van der Waals surface area contributed by atoms with Gasteiger partial charge in [-0.05, 0) is 50.3 Å². The van der Waals surface area contributed by atoms with Crippen LogP contribution in [-0.4, -0.2) is 86.2 Å². The third-order valence-corrected chi connectivity index (χ3v) is 8.26. The van der Waals surface area contributed by atoms with E-state index in [1.54, 1.807) is 17.0 Å². The Hall–Kier alpha value is -1.97. The highest BCUT2D eigenvalue weighted by atomic mass is 32.2. The van der Waals surface area contributed by atoms with E-state index in [-0.39, 0.29) is 16.7 Å². The van der Waals surface area contributed by atoms with E-state index in [1.165, 1.54) is 10.4 Å². The maximum atomic E-state index is 13.2. The standard InChI is InChI=1S/C22H32N4O4S/c1-17-5-8-19(31(29,30)26-9-3-2-4-10-26)15-20(17)22(28)25-13-11-24(12-14-25)16-21(27)23-18-6-7-18/h5,8,15,18H,2-4,6-7,9-14,16H2,1H3,(H,23,27). The van der Waals surface area contributed by atoms with Crippen molar-refractivity contribution in [3.8, 4) is 0 Å². The second-order valence-electron chi connectivity index (χ2n) is 8.85. The van der Waals surface area contributed by atoms with E-state index in [0.717, 1.165) is 37.7 Å². The van der Waals surface area contributed by atoms with Crippen molar-refractivity contribution < 1.29 is 18.0 Å². The van der Waals surface area contributed by atoms with E-state index in [9.17, 15) is 18.0 Å². The number of rotatable bonds is 6. The van der Waals surface area contributed by atoms with Crippen LogP contribution in [0.3, 0.4) is 0 Å². The Morgan fingerprint density at radius 3 is 2.32 bits per heavy atom. The first-order valence-electron chi connectivity index (χ1n) is 11.3. The van der Waals surface area contributed by atoms with Gasteiger partial charge in [-0.3, -0.25) is 14.5 Å². The van der Waals surface area contributed by atoms with E-state index in [4.69, 9.17) is 0 Å². The van der Waals surface area contributed by atoms with Crippen molar-refractivity contribution in [2.24, 2.45) is 0 Å². The molecule has 2 aliphatic heterocycles. The van der Waals surface area contributed by atoms with Gasteiger partial charge in [0.05, 0.1) is 11.4 Å². The van der Waals surface area contributed by atoms with Gasteiger partial charge in [0.15, 0.2) is 0 Å². The molecule has 0 bridgehead atoms. The summed E-state index contributed by atoms with van der Waals surface area (Å²) in [7, 11) is -3.58. The van der Waals surface area contributed by atoms with Crippen LogP contribution in [0.5, 0.6) is 0 Å². The van der Waals surface area contributed by atoms with Crippen LogP contribution in [0, 0.1) is 6.92 Å². The summed E-state index contributed by atoms with van der Waals surface area (Å²) in [5, 5.41) is 2.99. The molecule has 1 N–H and O–H groups in total. The summed E-state index contributed by atoms with van der Waals surface area (Å²) in [6.07, 6.45) is 4.94. The van der Waals surface area contributed by atoms with E-state index < -0.39 is 10.0 Å². The highest BCUT2D eigenvalue weighted by Gasteiger charge is 2.30. The topological polar surface area (TPSA) is 90.0 Å². The van der Waals surface area contributed by atoms with Crippen molar-refractivity contribution in [3.63, 3.8) is 0 Å². The molecule has 4 rings (SSSR count). The van der Waals surface area contributed by atoms with Gasteiger partial charge in [0, 0.05) is 50.9 Å². The Labute approximate surface area is 184 Å². The number of nitrogens with one attached hydrogen (secondary N) is 1. The van der Waals surface area contributed by atoms with E-state index in [0.29, 0.717) is 57.4 Å². The Kier molecular flexibility index (Phi) is 6.64. The predicted octanol–water partition coefficient (Wildman–Crippen LogP) is 1.21. The molecule has 1 saturated carbocycles. The molecular weight excluding hydrogens is 416 g/mol. The first kappa shape index (κ1) is 22.2. The molecule has 0 aromatic heterocycles. The monoisotopic (exact) mass is 448 g/mol. The zero-order valence-electron chi connectivity index (χ0n) is 18.2. The summed E-state index contributed by atoms with van der Waals surface area (Å²) in [6.45, 7) is 5.59. The van der Waals surface area contributed by atoms with E-state index >= 15 is 0 Å². The number of benzene rings is 1. The van der Waals surface area contributed by atoms with Crippen LogP contribution in [0.2, 0.25) is 0 Å². The minimum atomic E-state index is -3.58. The lowest BCUT2D eigenvalue weighted by atomic mass is 10.1. The SMILES string of the molecule is Cc1ccc(S(=O)(=O)N2CCCCC2)cc1C(=O)N1CCN(CC(=O)NC2CC2)CC1. The van der Waals surface area contributed by atoms with Gasteiger partial charge in [-0.1, -0.05) is 12.5 Å². The van der Waals surface area contributed by atoms with Crippen molar-refractivity contribution in [2.45, 2.75) is 50.0 Å². The van der Waals surface area contributed by atoms with Gasteiger partial charge in [-0.2, -0.15) is 4.31 Å². The highest BCUT2D eigenvalue weighted by Crippen LogP contribution is 2.24. The molecule has 2 saturated heterocycles. The van der Waals surface area contributed by atoms with Gasteiger partial charge in [0.1, 0.15) is 0 Å². The zero-order chi connectivity index (χ0) is 22.0. The maximum absolute atomic E-state index is 13.2. The molecule has 0 unspecified atom stereocenters. The van der Waals surface area contributed by atoms with Crippen LogP contribution < -0.4 is 5.32 Å². The number of sulfonamides is 1. The predicted molar refractivity (Wildman–Crippen MR) is 117 cm³/mol. The minimum Gasteiger partial charge on any atom is -0.352 e. The summed E-state index contributed by atoms with van der Waals surface area (Å²) in [6, 6.07) is 5.22. The molecule has 0 atom stereocenters. The number of piperidine rings is 1. The molecular formula is C22H32N4O4S. The molecule has 2 heterocycles. The molecule has 31 heavy (non-hydrogen) atoms. The average Bonchev–Trinajstić information content (AvgIpc) is 3.58. The van der Waals surface area contributed by atoms with Crippen molar-refractivity contribution in [2.75, 3.05) is 45.8 Å². The molecule has 3 aliphatic rings. The van der Waals surface area contributed by atoms with Crippen LogP contribution in [0.4, 0.5) is 0 Å². The molecule has 1 aliphatic carbocycles. The molecule has 1 aromatic carbocycles. The summed E-state index contributed by atoms with van der Waals surface area (Å²) < 4.78 is 27.6. The molecule has 9 heteroatoms. The number of piperazine rings is 1. The molecule has 170 valence electrons. The Bertz CT molecular complexity index is 931. The molecule has 0 spiro atoms. The van der Waals surface area contributed by atoms with Gasteiger partial charge >= 0.3 is 0 Å². The van der Waals surface area contributed by atoms with Crippen LogP contribution >= 0.6 is 0 Å². The fourth-order valence-corrected chi connectivity index (χ4v) is 5.77. The van der Waals surface area contributed by atoms with Gasteiger partial charge in [-0.15, -0.1) is 0 Å². The lowest BCUT2D eigenvalue weighted by Gasteiger charge is -2.34. The minimum absolute atomic E-state index is 0.0498. The smallest absolute Gasteiger partial charge is 0.254 e. The van der Waals surface area contributed by atoms with Gasteiger partial charge in [-0.25, -0.2) is 8.42 Å². The molecule has 3 fully saturated rings. The number of aryl methyl sites for hydroxylation is 1. The van der Waals surface area contributed by atoms with Crippen molar-refractivity contribution in [3.05, 3.63) is 29.3 Å². The van der Waals surface area contributed by atoms with Crippen LogP contribution in [0.1, 0.15) is 48.0 Å². The zero-order valence-corrected chi connectivity index (χ0v) is 19.0. The Morgan fingerprint density at radius 1 is 1.00 bits per heavy atom. The van der Waals surface area contributed by atoms with Crippen LogP contribution in [0.25, 0.3) is 0 Å². The normalized spacial score (nSPS) is 21.1. The molecule has 0 radical (unpaired) electrons. The van der Waals surface area contributed by atoms with E-state index in [2.05, 4.69) is 10.2 Å². The fraction of sp³-hybridized carbons (Fsp3) is 0.636. The number of hydrogen-bond donors (Lipinski definition) is 1. The van der Waals surface area contributed by atoms with Crippen LogP contribution in [-0.2, 0) is 14.8 Å². The quantitative estimate of drug-likeness (QED) is 0.707. The first-order chi connectivity index (χ1) is 14.8. The first-order valence-corrected chi connectivity index (χ1v) is 12.7. The second kappa shape index (κ2) is 9.26. The third kappa shape index (κ3) is 5.27. The third-order valence-electron chi connectivity index (χ3n) is 6.36. The average molecular weight is 449 g/mol. The number of carbonyl (C=O) groups is 2. The van der Waals surface area contributed by atoms with Crippen LogP contribution in [0.15, 0.2) is 23.1 Å². The van der Waals surface area contributed by atoms with Crippen molar-refractivity contribution in [1.82, 2.24) is 19.4 Å². The second-order valence-corrected chi connectivity index (χ2v) is 10.8.